The summed E-state index contributed by atoms with van der Waals surface area (Å²) in [7, 11) is 1.95. The number of hydrogen-bond acceptors (Lipinski definition) is 2. The molecule has 0 aliphatic rings. The van der Waals surface area contributed by atoms with Gasteiger partial charge in [-0.15, -0.1) is 0 Å². The van der Waals surface area contributed by atoms with Crippen LogP contribution in [0.4, 0.5) is 15.8 Å². The van der Waals surface area contributed by atoms with Crippen LogP contribution >= 0.6 is 0 Å². The molecule has 0 unspecified atom stereocenters. The first-order valence-electron chi connectivity index (χ1n) is 9.49. The zero-order valence-corrected chi connectivity index (χ0v) is 16.4. The maximum absolute atomic E-state index is 13.3. The summed E-state index contributed by atoms with van der Waals surface area (Å²) in [6.45, 7) is 0. The number of amides is 2. The minimum Gasteiger partial charge on any atom is -0.350 e. The smallest absolute Gasteiger partial charge is 0.255 e. The molecule has 2 amide bonds. The van der Waals surface area contributed by atoms with Crippen LogP contribution in [-0.4, -0.2) is 16.4 Å². The van der Waals surface area contributed by atoms with E-state index in [2.05, 4.69) is 10.6 Å². The molecule has 0 spiro atoms. The van der Waals surface area contributed by atoms with Crippen molar-refractivity contribution in [3.05, 3.63) is 95.9 Å². The van der Waals surface area contributed by atoms with Crippen molar-refractivity contribution in [3.8, 4) is 0 Å². The number of nitrogens with zero attached hydrogens (tertiary/aromatic N) is 1. The standard InChI is InChI=1S/C24H20FN3O2/c1-28-15-17(21-10-2-3-11-22(21)28)13-23(29)26-19-8-4-6-16(12-19)24(30)27-20-9-5-7-18(25)14-20/h2-12,14-15H,13H2,1H3,(H,26,29)(H,27,30). The summed E-state index contributed by atoms with van der Waals surface area (Å²) in [4.78, 5) is 25.0. The number of para-hydroxylation sites is 1. The van der Waals surface area contributed by atoms with E-state index in [1.54, 1.807) is 30.3 Å². The van der Waals surface area contributed by atoms with Crippen molar-refractivity contribution in [2.24, 2.45) is 7.05 Å². The number of halogens is 1. The van der Waals surface area contributed by atoms with Crippen LogP contribution in [0.5, 0.6) is 0 Å². The molecule has 3 aromatic carbocycles. The molecule has 0 saturated heterocycles. The Morgan fingerprint density at radius 2 is 1.63 bits per heavy atom. The number of nitrogens with one attached hydrogen (secondary N) is 2. The molecule has 1 heterocycles. The third kappa shape index (κ3) is 4.22. The zero-order valence-electron chi connectivity index (χ0n) is 16.4. The predicted molar refractivity (Wildman–Crippen MR) is 116 cm³/mol. The summed E-state index contributed by atoms with van der Waals surface area (Å²) in [6, 6.07) is 20.2. The van der Waals surface area contributed by atoms with E-state index >= 15 is 0 Å². The number of aromatic nitrogens is 1. The first kappa shape index (κ1) is 19.4. The number of carbonyl (C=O) groups is 2. The molecule has 5 nitrogen and oxygen atoms in total. The van der Waals surface area contributed by atoms with Gasteiger partial charge in [-0.1, -0.05) is 30.3 Å². The number of anilines is 2. The van der Waals surface area contributed by atoms with Crippen LogP contribution in [0, 0.1) is 5.82 Å². The van der Waals surface area contributed by atoms with Gasteiger partial charge in [-0.25, -0.2) is 4.39 Å². The molecule has 0 saturated carbocycles. The lowest BCUT2D eigenvalue weighted by atomic mass is 10.1. The van der Waals surface area contributed by atoms with Crippen molar-refractivity contribution >= 4 is 34.1 Å². The SMILES string of the molecule is Cn1cc(CC(=O)Nc2cccc(C(=O)Nc3cccc(F)c3)c2)c2ccccc21. The normalized spacial score (nSPS) is 10.7. The Morgan fingerprint density at radius 1 is 0.900 bits per heavy atom. The van der Waals surface area contributed by atoms with Gasteiger partial charge in [0.15, 0.2) is 0 Å². The summed E-state index contributed by atoms with van der Waals surface area (Å²) < 4.78 is 15.3. The molecule has 150 valence electrons. The van der Waals surface area contributed by atoms with Crippen LogP contribution in [0.3, 0.4) is 0 Å². The summed E-state index contributed by atoms with van der Waals surface area (Å²) in [5.74, 6) is -0.984. The first-order valence-corrected chi connectivity index (χ1v) is 9.49. The van der Waals surface area contributed by atoms with Crippen molar-refractivity contribution in [1.29, 1.82) is 0 Å². The minimum absolute atomic E-state index is 0.172. The highest BCUT2D eigenvalue weighted by Gasteiger charge is 2.12. The van der Waals surface area contributed by atoms with Gasteiger partial charge < -0.3 is 15.2 Å². The fourth-order valence-electron chi connectivity index (χ4n) is 3.45. The Hall–Kier alpha value is -3.93. The molecule has 4 rings (SSSR count). The number of aryl methyl sites for hydroxylation is 1. The van der Waals surface area contributed by atoms with E-state index in [9.17, 15) is 14.0 Å². The largest absolute Gasteiger partial charge is 0.350 e. The predicted octanol–water partition coefficient (Wildman–Crippen LogP) is 4.75. The van der Waals surface area contributed by atoms with Crippen LogP contribution in [0.15, 0.2) is 79.0 Å². The molecule has 0 bridgehead atoms. The van der Waals surface area contributed by atoms with Crippen LogP contribution in [0.25, 0.3) is 10.9 Å². The highest BCUT2D eigenvalue weighted by Crippen LogP contribution is 2.21. The quantitative estimate of drug-likeness (QED) is 0.507. The molecular weight excluding hydrogens is 381 g/mol. The first-order chi connectivity index (χ1) is 14.5. The highest BCUT2D eigenvalue weighted by atomic mass is 19.1. The van der Waals surface area contributed by atoms with Gasteiger partial charge >= 0.3 is 0 Å². The van der Waals surface area contributed by atoms with Crippen molar-refractivity contribution in [1.82, 2.24) is 4.57 Å². The van der Waals surface area contributed by atoms with E-state index in [-0.39, 0.29) is 18.2 Å². The molecular formula is C24H20FN3O2. The summed E-state index contributed by atoms with van der Waals surface area (Å²) >= 11 is 0. The Morgan fingerprint density at radius 3 is 2.43 bits per heavy atom. The van der Waals surface area contributed by atoms with Gasteiger partial charge in [0.2, 0.25) is 5.91 Å². The number of rotatable bonds is 5. The van der Waals surface area contributed by atoms with Crippen molar-refractivity contribution in [2.45, 2.75) is 6.42 Å². The molecule has 1 aromatic heterocycles. The average molecular weight is 401 g/mol. The Balaban J connectivity index is 1.46. The molecule has 0 aliphatic carbocycles. The number of fused-ring (bicyclic) bond motifs is 1. The van der Waals surface area contributed by atoms with Crippen LogP contribution in [0.1, 0.15) is 15.9 Å². The van der Waals surface area contributed by atoms with Crippen molar-refractivity contribution in [2.75, 3.05) is 10.6 Å². The van der Waals surface area contributed by atoms with E-state index < -0.39 is 5.82 Å². The Bertz CT molecular complexity index is 1250. The Kier molecular flexibility index (Phi) is 5.30. The molecule has 0 fully saturated rings. The fourth-order valence-corrected chi connectivity index (χ4v) is 3.45. The van der Waals surface area contributed by atoms with Crippen molar-refractivity contribution < 1.29 is 14.0 Å². The zero-order chi connectivity index (χ0) is 21.1. The topological polar surface area (TPSA) is 63.1 Å². The monoisotopic (exact) mass is 401 g/mol. The van der Waals surface area contributed by atoms with Gasteiger partial charge in [-0.3, -0.25) is 9.59 Å². The molecule has 0 atom stereocenters. The van der Waals surface area contributed by atoms with Crippen LogP contribution < -0.4 is 10.6 Å². The molecule has 0 radical (unpaired) electrons. The van der Waals surface area contributed by atoms with Gasteiger partial charge in [0.05, 0.1) is 6.42 Å². The maximum Gasteiger partial charge on any atom is 0.255 e. The van der Waals surface area contributed by atoms with E-state index in [0.717, 1.165) is 16.5 Å². The van der Waals surface area contributed by atoms with Gasteiger partial charge in [-0.05, 0) is 48.0 Å². The van der Waals surface area contributed by atoms with E-state index in [1.165, 1.54) is 18.2 Å². The third-order valence-corrected chi connectivity index (χ3v) is 4.82. The molecule has 6 heteroatoms. The second kappa shape index (κ2) is 8.21. The highest BCUT2D eigenvalue weighted by molar-refractivity contribution is 6.05. The van der Waals surface area contributed by atoms with E-state index in [4.69, 9.17) is 0 Å². The fraction of sp³-hybridized carbons (Fsp3) is 0.0833. The lowest BCUT2D eigenvalue weighted by Gasteiger charge is -2.08. The summed E-state index contributed by atoms with van der Waals surface area (Å²) in [6.07, 6.45) is 2.17. The minimum atomic E-state index is -0.428. The van der Waals surface area contributed by atoms with Gasteiger partial charge in [0.25, 0.3) is 5.91 Å². The second-order valence-corrected chi connectivity index (χ2v) is 7.05. The molecule has 30 heavy (non-hydrogen) atoms. The van der Waals surface area contributed by atoms with Crippen molar-refractivity contribution in [3.63, 3.8) is 0 Å². The van der Waals surface area contributed by atoms with E-state index in [1.807, 2.05) is 42.1 Å². The van der Waals surface area contributed by atoms with E-state index in [0.29, 0.717) is 16.9 Å². The van der Waals surface area contributed by atoms with Gasteiger partial charge in [0, 0.05) is 41.1 Å². The molecule has 4 aromatic rings. The molecule has 2 N–H and O–H groups in total. The number of benzene rings is 3. The number of hydrogen-bond donors (Lipinski definition) is 2. The van der Waals surface area contributed by atoms with Gasteiger partial charge in [0.1, 0.15) is 5.82 Å². The van der Waals surface area contributed by atoms with Crippen LogP contribution in [0.2, 0.25) is 0 Å². The Labute approximate surface area is 173 Å². The maximum atomic E-state index is 13.3. The average Bonchev–Trinajstić information content (AvgIpc) is 3.04. The second-order valence-electron chi connectivity index (χ2n) is 7.05. The lowest BCUT2D eigenvalue weighted by Crippen LogP contribution is -2.16. The number of carbonyl (C=O) groups excluding carboxylic acids is 2. The van der Waals surface area contributed by atoms with Crippen LogP contribution in [-0.2, 0) is 18.3 Å². The third-order valence-electron chi connectivity index (χ3n) is 4.82. The molecule has 0 aliphatic heterocycles. The lowest BCUT2D eigenvalue weighted by molar-refractivity contribution is -0.115. The van der Waals surface area contributed by atoms with Gasteiger partial charge in [-0.2, -0.15) is 0 Å². The summed E-state index contributed by atoms with van der Waals surface area (Å²) in [5.41, 5.74) is 3.25. The summed E-state index contributed by atoms with van der Waals surface area (Å²) in [5, 5.41) is 6.53.